The lowest BCUT2D eigenvalue weighted by atomic mass is 9.99. The van der Waals surface area contributed by atoms with Gasteiger partial charge in [0.1, 0.15) is 0 Å². The SMILES string of the molecule is CC.CC.CC.CC.CC.CC.CC.CC.CC.CC.CC.CC.CC.CC.CC.CC.Cc1ccc2nc(-c3ccc(-c4nc5ccc(C)cc5nc4-c4ccccc4)cc3)c(-c3ccccc3)nc2c1. The number of aromatic nitrogens is 4. The quantitative estimate of drug-likeness (QED) is 0.176. The van der Waals surface area contributed by atoms with Crippen LogP contribution < -0.4 is 0 Å². The van der Waals surface area contributed by atoms with Crippen LogP contribution in [0, 0.1) is 13.8 Å². The van der Waals surface area contributed by atoms with Crippen molar-refractivity contribution >= 4 is 22.1 Å². The van der Waals surface area contributed by atoms with Crippen molar-refractivity contribution in [1.82, 2.24) is 19.9 Å². The van der Waals surface area contributed by atoms with Gasteiger partial charge in [0.15, 0.2) is 0 Å². The molecule has 2 heterocycles. The van der Waals surface area contributed by atoms with Crippen LogP contribution in [0.3, 0.4) is 0 Å². The largest absolute Gasteiger partial charge is 0.244 e. The van der Waals surface area contributed by atoms with Gasteiger partial charge in [-0.05, 0) is 49.2 Å². The first-order chi connectivity index (χ1) is 35.6. The Morgan fingerprint density at radius 3 is 0.583 bits per heavy atom. The van der Waals surface area contributed by atoms with E-state index in [0.29, 0.717) is 0 Å². The predicted molar refractivity (Wildman–Crippen MR) is 345 cm³/mol. The molecule has 0 atom stereocenters. The monoisotopic (exact) mass is 995 g/mol. The smallest absolute Gasteiger partial charge is 0.0973 e. The Morgan fingerprint density at radius 2 is 0.375 bits per heavy atom. The van der Waals surface area contributed by atoms with Gasteiger partial charge in [0, 0.05) is 22.3 Å². The van der Waals surface area contributed by atoms with Crippen molar-refractivity contribution in [1.29, 1.82) is 0 Å². The lowest BCUT2D eigenvalue weighted by Gasteiger charge is -2.13. The highest BCUT2D eigenvalue weighted by atomic mass is 14.8. The number of fused-ring (bicyclic) bond motifs is 2. The third-order valence-corrected chi connectivity index (χ3v) is 7.17. The van der Waals surface area contributed by atoms with E-state index in [-0.39, 0.29) is 0 Å². The molecule has 0 saturated heterocycles. The number of benzene rings is 5. The molecule has 0 aliphatic heterocycles. The van der Waals surface area contributed by atoms with Gasteiger partial charge in [-0.2, -0.15) is 0 Å². The number of hydrogen-bond donors (Lipinski definition) is 0. The molecule has 0 amide bonds. The molecule has 0 fully saturated rings. The van der Waals surface area contributed by atoms with Crippen LogP contribution in [0.4, 0.5) is 0 Å². The van der Waals surface area contributed by atoms with Gasteiger partial charge in [0.25, 0.3) is 0 Å². The summed E-state index contributed by atoms with van der Waals surface area (Å²) in [7, 11) is 0. The van der Waals surface area contributed by atoms with E-state index in [9.17, 15) is 0 Å². The highest BCUT2D eigenvalue weighted by Gasteiger charge is 2.16. The second-order valence-electron chi connectivity index (χ2n) is 10.1. The first-order valence-corrected chi connectivity index (χ1v) is 29.4. The minimum Gasteiger partial charge on any atom is -0.244 e. The summed E-state index contributed by atoms with van der Waals surface area (Å²) >= 11 is 0. The van der Waals surface area contributed by atoms with Crippen molar-refractivity contribution in [2.45, 2.75) is 235 Å². The van der Waals surface area contributed by atoms with Crippen LogP contribution in [-0.4, -0.2) is 19.9 Å². The van der Waals surface area contributed by atoms with Crippen molar-refractivity contribution in [3.63, 3.8) is 0 Å². The molecular formula is C68H122N4. The van der Waals surface area contributed by atoms with Gasteiger partial charge in [-0.3, -0.25) is 0 Å². The van der Waals surface area contributed by atoms with Gasteiger partial charge in [0.2, 0.25) is 0 Å². The molecule has 0 unspecified atom stereocenters. The zero-order valence-corrected chi connectivity index (χ0v) is 54.3. The van der Waals surface area contributed by atoms with Crippen molar-refractivity contribution in [2.75, 3.05) is 0 Å². The molecule has 0 aliphatic rings. The normalized spacial score (nSPS) is 7.58. The Labute approximate surface area is 452 Å². The summed E-state index contributed by atoms with van der Waals surface area (Å²) in [5.41, 5.74) is 13.4. The van der Waals surface area contributed by atoms with E-state index < -0.39 is 0 Å². The minimum atomic E-state index is 0.859. The molecule has 4 heteroatoms. The summed E-state index contributed by atoms with van der Waals surface area (Å²) < 4.78 is 0. The maximum absolute atomic E-state index is 5.09. The molecule has 7 aromatic rings. The van der Waals surface area contributed by atoms with Gasteiger partial charge in [-0.1, -0.05) is 319 Å². The van der Waals surface area contributed by atoms with Crippen LogP contribution in [0.5, 0.6) is 0 Å². The summed E-state index contributed by atoms with van der Waals surface area (Å²) in [6, 6.07) is 41.4. The fourth-order valence-electron chi connectivity index (χ4n) is 5.11. The molecule has 0 spiro atoms. The van der Waals surface area contributed by atoms with Gasteiger partial charge < -0.3 is 0 Å². The zero-order chi connectivity index (χ0) is 59.1. The van der Waals surface area contributed by atoms with E-state index in [1.165, 1.54) is 11.1 Å². The van der Waals surface area contributed by atoms with Gasteiger partial charge in [0.05, 0.1) is 44.8 Å². The minimum absolute atomic E-state index is 0.859. The Kier molecular flexibility index (Phi) is 93.0. The van der Waals surface area contributed by atoms with Crippen molar-refractivity contribution in [3.8, 4) is 45.0 Å². The molecule has 0 radical (unpaired) electrons. The van der Waals surface area contributed by atoms with Crippen LogP contribution >= 0.6 is 0 Å². The molecule has 0 saturated carbocycles. The van der Waals surface area contributed by atoms with E-state index >= 15 is 0 Å². The second kappa shape index (κ2) is 74.7. The first kappa shape index (κ1) is 89.6. The predicted octanol–water partition coefficient (Wildman–Crippen LogP) is 25.3. The highest BCUT2D eigenvalue weighted by molar-refractivity contribution is 5.89. The Balaban J connectivity index is -0.000000129. The van der Waals surface area contributed by atoms with Gasteiger partial charge in [-0.25, -0.2) is 19.9 Å². The Bertz CT molecular complexity index is 1850. The maximum atomic E-state index is 5.09. The Morgan fingerprint density at radius 1 is 0.194 bits per heavy atom. The van der Waals surface area contributed by atoms with E-state index in [1.54, 1.807) is 0 Å². The average molecular weight is 996 g/mol. The number of nitrogens with zero attached hydrogens (tertiary/aromatic N) is 4. The molecule has 7 rings (SSSR count). The summed E-state index contributed by atoms with van der Waals surface area (Å²) in [5, 5.41) is 0. The fraction of sp³-hybridized carbons (Fsp3) is 0.500. The van der Waals surface area contributed by atoms with Crippen LogP contribution in [-0.2, 0) is 0 Å². The van der Waals surface area contributed by atoms with Crippen molar-refractivity contribution in [3.05, 3.63) is 132 Å². The Hall–Kier alpha value is -5.22. The second-order valence-corrected chi connectivity index (χ2v) is 10.1. The van der Waals surface area contributed by atoms with Gasteiger partial charge in [-0.15, -0.1) is 0 Å². The molecule has 414 valence electrons. The van der Waals surface area contributed by atoms with Crippen LogP contribution in [0.25, 0.3) is 67.1 Å². The standard InChI is InChI=1S/C36H26N4.16C2H6/c1-23-13-19-29-31(21-23)39-33(25-9-5-3-6-10-25)35(37-29)27-15-17-28(18-16-27)36-34(26-11-7-4-8-12-26)40-32-22-24(2)14-20-30(32)38-36;16*1-2/h3-22H,1-2H3;16*1-2H3. The number of aryl methyl sites for hydroxylation is 2. The van der Waals surface area contributed by atoms with E-state index in [1.807, 2.05) is 270 Å². The molecule has 2 aromatic heterocycles. The van der Waals surface area contributed by atoms with E-state index in [4.69, 9.17) is 19.9 Å². The molecule has 5 aromatic carbocycles. The third kappa shape index (κ3) is 35.0. The molecule has 4 nitrogen and oxygen atoms in total. The molecular weight excluding hydrogens is 873 g/mol. The molecule has 72 heavy (non-hydrogen) atoms. The van der Waals surface area contributed by atoms with Gasteiger partial charge >= 0.3 is 0 Å². The summed E-state index contributed by atoms with van der Waals surface area (Å²) in [4.78, 5) is 20.3. The molecule has 0 bridgehead atoms. The summed E-state index contributed by atoms with van der Waals surface area (Å²) in [6.07, 6.45) is 0. The topological polar surface area (TPSA) is 51.6 Å². The summed E-state index contributed by atoms with van der Waals surface area (Å²) in [6.45, 7) is 68.2. The first-order valence-electron chi connectivity index (χ1n) is 29.4. The third-order valence-electron chi connectivity index (χ3n) is 7.17. The maximum Gasteiger partial charge on any atom is 0.0973 e. The van der Waals surface area contributed by atoms with Crippen LogP contribution in [0.1, 0.15) is 233 Å². The fourth-order valence-corrected chi connectivity index (χ4v) is 5.11. The summed E-state index contributed by atoms with van der Waals surface area (Å²) in [5.74, 6) is 0. The lowest BCUT2D eigenvalue weighted by molar-refractivity contribution is 1.27. The van der Waals surface area contributed by atoms with Crippen LogP contribution in [0.15, 0.2) is 121 Å². The zero-order valence-electron chi connectivity index (χ0n) is 54.3. The van der Waals surface area contributed by atoms with Crippen LogP contribution in [0.2, 0.25) is 0 Å². The molecule has 0 aliphatic carbocycles. The number of hydrogen-bond acceptors (Lipinski definition) is 4. The number of rotatable bonds is 4. The van der Waals surface area contributed by atoms with Crippen molar-refractivity contribution in [2.24, 2.45) is 0 Å². The average Bonchev–Trinajstić information content (AvgIpc) is 3.53. The van der Waals surface area contributed by atoms with E-state index in [0.717, 1.165) is 67.1 Å². The molecule has 0 N–H and O–H groups in total. The van der Waals surface area contributed by atoms with Crippen molar-refractivity contribution < 1.29 is 0 Å². The lowest BCUT2D eigenvalue weighted by Crippen LogP contribution is -1.97. The van der Waals surface area contributed by atoms with E-state index in [2.05, 4.69) is 86.6 Å². The highest BCUT2D eigenvalue weighted by Crippen LogP contribution is 2.35.